The highest BCUT2D eigenvalue weighted by atomic mass is 32.2. The first-order valence-electron chi connectivity index (χ1n) is 5.46. The highest BCUT2D eigenvalue weighted by Crippen LogP contribution is 2.29. The Balaban J connectivity index is 2.29. The van der Waals surface area contributed by atoms with E-state index in [1.165, 1.54) is 16.0 Å². The molecule has 0 radical (unpaired) electrons. The van der Waals surface area contributed by atoms with Gasteiger partial charge in [0.05, 0.1) is 0 Å². The third kappa shape index (κ3) is 2.87. The summed E-state index contributed by atoms with van der Waals surface area (Å²) in [4.78, 5) is 1.22. The van der Waals surface area contributed by atoms with Crippen molar-refractivity contribution in [2.45, 2.75) is 23.5 Å². The molecule has 1 heterocycles. The van der Waals surface area contributed by atoms with Crippen molar-refractivity contribution in [1.29, 1.82) is 0 Å². The molecule has 0 aliphatic rings. The first kappa shape index (κ1) is 12.1. The van der Waals surface area contributed by atoms with E-state index in [1.54, 1.807) is 18.1 Å². The van der Waals surface area contributed by atoms with Crippen LogP contribution in [0.25, 0.3) is 0 Å². The van der Waals surface area contributed by atoms with Crippen LogP contribution in [-0.4, -0.2) is 21.8 Å². The Morgan fingerprint density at radius 2 is 2.24 bits per heavy atom. The minimum atomic E-state index is 0.863. The van der Waals surface area contributed by atoms with Crippen molar-refractivity contribution in [2.75, 3.05) is 7.05 Å². The van der Waals surface area contributed by atoms with Crippen molar-refractivity contribution >= 4 is 11.8 Å². The summed E-state index contributed by atoms with van der Waals surface area (Å²) in [6.07, 6.45) is 1.72. The van der Waals surface area contributed by atoms with Crippen molar-refractivity contribution in [3.63, 3.8) is 0 Å². The van der Waals surface area contributed by atoms with Gasteiger partial charge in [0.25, 0.3) is 0 Å². The van der Waals surface area contributed by atoms with Crippen LogP contribution in [0.3, 0.4) is 0 Å². The second kappa shape index (κ2) is 5.33. The molecular weight excluding hydrogens is 232 g/mol. The SMILES string of the molecule is CNCc1cc(C)ccc1Sc1nncn1C. The van der Waals surface area contributed by atoms with Crippen molar-refractivity contribution in [3.05, 3.63) is 35.7 Å². The lowest BCUT2D eigenvalue weighted by Gasteiger charge is -2.09. The molecule has 17 heavy (non-hydrogen) atoms. The summed E-state index contributed by atoms with van der Waals surface area (Å²) in [5.74, 6) is 0. The molecule has 0 saturated carbocycles. The number of benzene rings is 1. The number of nitrogens with one attached hydrogen (secondary N) is 1. The van der Waals surface area contributed by atoms with E-state index < -0.39 is 0 Å². The standard InChI is InChI=1S/C12H16N4S/c1-9-4-5-11(10(6-9)7-13-2)17-12-15-14-8-16(12)3/h4-6,8,13H,7H2,1-3H3. The zero-order valence-corrected chi connectivity index (χ0v) is 11.1. The van der Waals surface area contributed by atoms with E-state index in [2.05, 4.69) is 40.6 Å². The van der Waals surface area contributed by atoms with Gasteiger partial charge in [0.2, 0.25) is 0 Å². The van der Waals surface area contributed by atoms with Gasteiger partial charge in [-0.25, -0.2) is 0 Å². The summed E-state index contributed by atoms with van der Waals surface area (Å²) >= 11 is 1.65. The zero-order chi connectivity index (χ0) is 12.3. The molecule has 1 aromatic heterocycles. The second-order valence-corrected chi connectivity index (χ2v) is 4.98. The summed E-state index contributed by atoms with van der Waals surface area (Å²) in [6.45, 7) is 2.97. The van der Waals surface area contributed by atoms with Crippen LogP contribution in [0.1, 0.15) is 11.1 Å². The maximum absolute atomic E-state index is 4.09. The largest absolute Gasteiger partial charge is 0.316 e. The van der Waals surface area contributed by atoms with E-state index in [1.807, 2.05) is 18.7 Å². The second-order valence-electron chi connectivity index (χ2n) is 3.97. The molecule has 5 heteroatoms. The number of rotatable bonds is 4. The molecule has 2 rings (SSSR count). The van der Waals surface area contributed by atoms with E-state index in [9.17, 15) is 0 Å². The Kier molecular flexibility index (Phi) is 3.81. The third-order valence-electron chi connectivity index (χ3n) is 2.45. The predicted octanol–water partition coefficient (Wildman–Crippen LogP) is 1.99. The summed E-state index contributed by atoms with van der Waals surface area (Å²) in [7, 11) is 3.91. The monoisotopic (exact) mass is 248 g/mol. The molecule has 1 N–H and O–H groups in total. The van der Waals surface area contributed by atoms with Crippen LogP contribution in [0.4, 0.5) is 0 Å². The van der Waals surface area contributed by atoms with E-state index in [4.69, 9.17) is 0 Å². The first-order chi connectivity index (χ1) is 8.20. The lowest BCUT2D eigenvalue weighted by atomic mass is 10.1. The van der Waals surface area contributed by atoms with Gasteiger partial charge in [0.15, 0.2) is 5.16 Å². The molecule has 0 aliphatic heterocycles. The van der Waals surface area contributed by atoms with E-state index in [0.29, 0.717) is 0 Å². The van der Waals surface area contributed by atoms with Crippen molar-refractivity contribution in [2.24, 2.45) is 7.05 Å². The normalized spacial score (nSPS) is 10.8. The van der Waals surface area contributed by atoms with Gasteiger partial charge in [-0.15, -0.1) is 10.2 Å². The Hall–Kier alpha value is -1.33. The Morgan fingerprint density at radius 1 is 1.41 bits per heavy atom. The minimum absolute atomic E-state index is 0.863. The molecule has 0 spiro atoms. The maximum atomic E-state index is 4.09. The van der Waals surface area contributed by atoms with Gasteiger partial charge in [-0.2, -0.15) is 0 Å². The highest BCUT2D eigenvalue weighted by molar-refractivity contribution is 7.99. The van der Waals surface area contributed by atoms with Gasteiger partial charge in [-0.1, -0.05) is 17.7 Å². The smallest absolute Gasteiger partial charge is 0.195 e. The quantitative estimate of drug-likeness (QED) is 0.898. The summed E-state index contributed by atoms with van der Waals surface area (Å²) in [6, 6.07) is 6.47. The fraction of sp³-hybridized carbons (Fsp3) is 0.333. The third-order valence-corrected chi connectivity index (χ3v) is 3.62. The summed E-state index contributed by atoms with van der Waals surface area (Å²) in [5.41, 5.74) is 2.57. The Labute approximate surface area is 105 Å². The van der Waals surface area contributed by atoms with Crippen molar-refractivity contribution in [3.8, 4) is 0 Å². The van der Waals surface area contributed by atoms with E-state index >= 15 is 0 Å². The fourth-order valence-electron chi connectivity index (χ4n) is 1.60. The fourth-order valence-corrected chi connectivity index (χ4v) is 2.47. The van der Waals surface area contributed by atoms with Crippen LogP contribution in [0.2, 0.25) is 0 Å². The molecule has 0 fully saturated rings. The molecule has 0 amide bonds. The van der Waals surface area contributed by atoms with Crippen LogP contribution < -0.4 is 5.32 Å². The molecule has 0 saturated heterocycles. The summed E-state index contributed by atoms with van der Waals surface area (Å²) in [5, 5.41) is 12.1. The average Bonchev–Trinajstić information content (AvgIpc) is 2.69. The maximum Gasteiger partial charge on any atom is 0.195 e. The van der Waals surface area contributed by atoms with Crippen LogP contribution in [-0.2, 0) is 13.6 Å². The highest BCUT2D eigenvalue weighted by Gasteiger charge is 2.08. The summed E-state index contributed by atoms with van der Waals surface area (Å²) < 4.78 is 1.92. The Morgan fingerprint density at radius 3 is 2.88 bits per heavy atom. The average molecular weight is 248 g/mol. The van der Waals surface area contributed by atoms with Crippen LogP contribution in [0, 0.1) is 6.92 Å². The first-order valence-corrected chi connectivity index (χ1v) is 6.28. The number of hydrogen-bond donors (Lipinski definition) is 1. The van der Waals surface area contributed by atoms with Gasteiger partial charge >= 0.3 is 0 Å². The van der Waals surface area contributed by atoms with Gasteiger partial charge in [0.1, 0.15) is 6.33 Å². The number of hydrogen-bond acceptors (Lipinski definition) is 4. The van der Waals surface area contributed by atoms with Gasteiger partial charge in [-0.3, -0.25) is 0 Å². The number of aryl methyl sites for hydroxylation is 2. The van der Waals surface area contributed by atoms with E-state index in [-0.39, 0.29) is 0 Å². The molecule has 0 bridgehead atoms. The van der Waals surface area contributed by atoms with Gasteiger partial charge < -0.3 is 9.88 Å². The molecule has 4 nitrogen and oxygen atoms in total. The molecule has 2 aromatic rings. The van der Waals surface area contributed by atoms with Crippen LogP contribution >= 0.6 is 11.8 Å². The van der Waals surface area contributed by atoms with Crippen LogP contribution in [0.5, 0.6) is 0 Å². The number of aromatic nitrogens is 3. The minimum Gasteiger partial charge on any atom is -0.316 e. The van der Waals surface area contributed by atoms with Crippen molar-refractivity contribution < 1.29 is 0 Å². The predicted molar refractivity (Wildman–Crippen MR) is 69.1 cm³/mol. The van der Waals surface area contributed by atoms with E-state index in [0.717, 1.165) is 11.7 Å². The lowest BCUT2D eigenvalue weighted by molar-refractivity contribution is 0.782. The topological polar surface area (TPSA) is 42.7 Å². The molecule has 0 atom stereocenters. The number of nitrogens with zero attached hydrogens (tertiary/aromatic N) is 3. The molecule has 1 aromatic carbocycles. The zero-order valence-electron chi connectivity index (χ0n) is 10.3. The molecule has 0 unspecified atom stereocenters. The van der Waals surface area contributed by atoms with Gasteiger partial charge in [0, 0.05) is 18.5 Å². The molecule has 90 valence electrons. The molecule has 0 aliphatic carbocycles. The van der Waals surface area contributed by atoms with Crippen LogP contribution in [0.15, 0.2) is 34.6 Å². The van der Waals surface area contributed by atoms with Crippen molar-refractivity contribution in [1.82, 2.24) is 20.1 Å². The molecular formula is C12H16N4S. The Bertz CT molecular complexity index is 507. The lowest BCUT2D eigenvalue weighted by Crippen LogP contribution is -2.06. The van der Waals surface area contributed by atoms with Gasteiger partial charge in [-0.05, 0) is 37.4 Å².